The SMILES string of the molecule is CC(C)(C)C1(OC(N)=O)CCC(NC(=O)c2c([N+](=O)[O-])c3ccc(C#N)cc3n2CCS(=O)(=O)c2ccccc2)CC1. The normalized spacial score (nSPS) is 19.1. The van der Waals surface area contributed by atoms with Crippen molar-refractivity contribution in [3.8, 4) is 6.07 Å². The molecule has 1 heterocycles. The number of benzene rings is 2. The monoisotopic (exact) mass is 595 g/mol. The number of carbonyl (C=O) groups excluding carboxylic acids is 2. The molecule has 0 spiro atoms. The lowest BCUT2D eigenvalue weighted by atomic mass is 9.67. The molecule has 42 heavy (non-hydrogen) atoms. The van der Waals surface area contributed by atoms with E-state index < -0.39 is 55.3 Å². The number of nitrogens with zero attached hydrogens (tertiary/aromatic N) is 3. The van der Waals surface area contributed by atoms with E-state index in [0.717, 1.165) is 0 Å². The third-order valence-corrected chi connectivity index (χ3v) is 9.75. The molecule has 0 saturated heterocycles. The molecule has 4 rings (SSSR count). The predicted octanol–water partition coefficient (Wildman–Crippen LogP) is 4.45. The molecule has 3 N–H and O–H groups in total. The van der Waals surface area contributed by atoms with E-state index in [1.54, 1.807) is 18.2 Å². The van der Waals surface area contributed by atoms with Crippen LogP contribution in [0.4, 0.5) is 10.5 Å². The highest BCUT2D eigenvalue weighted by Gasteiger charge is 2.48. The van der Waals surface area contributed by atoms with Crippen molar-refractivity contribution < 1.29 is 27.7 Å². The number of aryl methyl sites for hydroxylation is 1. The zero-order valence-corrected chi connectivity index (χ0v) is 24.4. The summed E-state index contributed by atoms with van der Waals surface area (Å²) in [6.07, 6.45) is 0.790. The van der Waals surface area contributed by atoms with Gasteiger partial charge in [-0.25, -0.2) is 13.2 Å². The lowest BCUT2D eigenvalue weighted by Gasteiger charge is -2.47. The van der Waals surface area contributed by atoms with Crippen molar-refractivity contribution in [3.05, 3.63) is 69.9 Å². The molecule has 0 atom stereocenters. The number of ether oxygens (including phenoxy) is 1. The molecular formula is C29H33N5O7S. The Kier molecular flexibility index (Phi) is 8.31. The van der Waals surface area contributed by atoms with Crippen molar-refractivity contribution >= 4 is 38.4 Å². The Hall–Kier alpha value is -4.44. The van der Waals surface area contributed by atoms with Crippen LogP contribution in [0.2, 0.25) is 0 Å². The van der Waals surface area contributed by atoms with E-state index in [2.05, 4.69) is 5.32 Å². The Morgan fingerprint density at radius 3 is 2.38 bits per heavy atom. The first-order valence-electron chi connectivity index (χ1n) is 13.5. The van der Waals surface area contributed by atoms with Gasteiger partial charge in [0.05, 0.1) is 38.1 Å². The van der Waals surface area contributed by atoms with Gasteiger partial charge in [0, 0.05) is 18.0 Å². The first-order chi connectivity index (χ1) is 19.7. The van der Waals surface area contributed by atoms with E-state index >= 15 is 0 Å². The molecule has 0 unspecified atom stereocenters. The summed E-state index contributed by atoms with van der Waals surface area (Å²) in [7, 11) is -3.80. The summed E-state index contributed by atoms with van der Waals surface area (Å²) in [6.45, 7) is 5.56. The molecule has 0 aliphatic heterocycles. The zero-order valence-electron chi connectivity index (χ0n) is 23.6. The van der Waals surface area contributed by atoms with Crippen LogP contribution in [0, 0.1) is 26.9 Å². The number of nitro groups is 1. The van der Waals surface area contributed by atoms with Gasteiger partial charge in [-0.1, -0.05) is 39.0 Å². The van der Waals surface area contributed by atoms with Crippen LogP contribution in [0.5, 0.6) is 0 Å². The number of carbonyl (C=O) groups is 2. The number of hydrogen-bond donors (Lipinski definition) is 2. The number of rotatable bonds is 8. The molecule has 0 bridgehead atoms. The van der Waals surface area contributed by atoms with Crippen molar-refractivity contribution in [1.29, 1.82) is 5.26 Å². The van der Waals surface area contributed by atoms with Crippen LogP contribution in [0.1, 0.15) is 62.5 Å². The first-order valence-corrected chi connectivity index (χ1v) is 15.1. The lowest BCUT2D eigenvalue weighted by Crippen LogP contribution is -2.53. The number of sulfone groups is 1. The number of nitrogens with one attached hydrogen (secondary N) is 1. The Morgan fingerprint density at radius 1 is 1.19 bits per heavy atom. The highest BCUT2D eigenvalue weighted by Crippen LogP contribution is 2.45. The van der Waals surface area contributed by atoms with Gasteiger partial charge in [0.2, 0.25) is 0 Å². The van der Waals surface area contributed by atoms with Crippen LogP contribution in [-0.4, -0.2) is 47.3 Å². The van der Waals surface area contributed by atoms with E-state index in [0.29, 0.717) is 25.7 Å². The Morgan fingerprint density at radius 2 is 1.83 bits per heavy atom. The quantitative estimate of drug-likeness (QED) is 0.282. The third-order valence-electron chi connectivity index (χ3n) is 8.04. The van der Waals surface area contributed by atoms with Gasteiger partial charge < -0.3 is 20.4 Å². The molecule has 1 aliphatic carbocycles. The second-order valence-electron chi connectivity index (χ2n) is 11.5. The minimum Gasteiger partial charge on any atom is -0.443 e. The fourth-order valence-electron chi connectivity index (χ4n) is 5.68. The summed E-state index contributed by atoms with van der Waals surface area (Å²) in [5.41, 5.74) is 3.74. The first kappa shape index (κ1) is 30.5. The number of aromatic nitrogens is 1. The molecule has 13 heteroatoms. The minimum absolute atomic E-state index is 0.0855. The Balaban J connectivity index is 1.70. The van der Waals surface area contributed by atoms with E-state index in [4.69, 9.17) is 10.5 Å². The van der Waals surface area contributed by atoms with Crippen molar-refractivity contribution in [3.63, 3.8) is 0 Å². The summed E-state index contributed by atoms with van der Waals surface area (Å²) in [5.74, 6) is -1.17. The van der Waals surface area contributed by atoms with Crippen LogP contribution >= 0.6 is 0 Å². The predicted molar refractivity (Wildman–Crippen MR) is 154 cm³/mol. The van der Waals surface area contributed by atoms with E-state index in [1.165, 1.54) is 34.9 Å². The van der Waals surface area contributed by atoms with Crippen LogP contribution in [0.25, 0.3) is 10.9 Å². The molecule has 0 radical (unpaired) electrons. The summed E-state index contributed by atoms with van der Waals surface area (Å²) < 4.78 is 33.0. The van der Waals surface area contributed by atoms with Crippen LogP contribution in [0.3, 0.4) is 0 Å². The van der Waals surface area contributed by atoms with Gasteiger partial charge in [-0.15, -0.1) is 0 Å². The highest BCUT2D eigenvalue weighted by molar-refractivity contribution is 7.91. The maximum atomic E-state index is 13.8. The Bertz CT molecular complexity index is 1680. The van der Waals surface area contributed by atoms with Crippen LogP contribution < -0.4 is 11.1 Å². The fraction of sp³-hybridized carbons (Fsp3) is 0.414. The minimum atomic E-state index is -3.80. The summed E-state index contributed by atoms with van der Waals surface area (Å²) >= 11 is 0. The number of hydrogen-bond acceptors (Lipinski definition) is 8. The largest absolute Gasteiger partial charge is 0.443 e. The average molecular weight is 596 g/mol. The van der Waals surface area contributed by atoms with Gasteiger partial charge in [-0.3, -0.25) is 14.9 Å². The van der Waals surface area contributed by atoms with Crippen molar-refractivity contribution in [2.45, 2.75) is 69.5 Å². The second-order valence-corrected chi connectivity index (χ2v) is 13.6. The third kappa shape index (κ3) is 5.94. The van der Waals surface area contributed by atoms with Crippen molar-refractivity contribution in [2.75, 3.05) is 5.75 Å². The molecule has 2 aromatic carbocycles. The van der Waals surface area contributed by atoms with Gasteiger partial charge in [-0.2, -0.15) is 5.26 Å². The lowest BCUT2D eigenvalue weighted by molar-refractivity contribution is -0.383. The molecule has 1 aliphatic rings. The molecule has 1 saturated carbocycles. The molecule has 12 nitrogen and oxygen atoms in total. The molecule has 1 aromatic heterocycles. The van der Waals surface area contributed by atoms with Gasteiger partial charge in [0.1, 0.15) is 5.60 Å². The van der Waals surface area contributed by atoms with Gasteiger partial charge >= 0.3 is 11.8 Å². The molecule has 3 aromatic rings. The van der Waals surface area contributed by atoms with E-state index in [1.807, 2.05) is 26.8 Å². The number of nitriles is 1. The van der Waals surface area contributed by atoms with Crippen molar-refractivity contribution in [1.82, 2.24) is 9.88 Å². The fourth-order valence-corrected chi connectivity index (χ4v) is 6.92. The zero-order chi connectivity index (χ0) is 30.9. The van der Waals surface area contributed by atoms with Crippen LogP contribution in [-0.2, 0) is 21.1 Å². The van der Waals surface area contributed by atoms with Gasteiger partial charge in [0.15, 0.2) is 15.5 Å². The summed E-state index contributed by atoms with van der Waals surface area (Å²) in [5, 5.41) is 24.7. The van der Waals surface area contributed by atoms with Crippen LogP contribution in [0.15, 0.2) is 53.4 Å². The summed E-state index contributed by atoms with van der Waals surface area (Å²) in [4.78, 5) is 37.1. The van der Waals surface area contributed by atoms with Gasteiger partial charge in [-0.05, 0) is 56.0 Å². The van der Waals surface area contributed by atoms with Crippen molar-refractivity contribution in [2.24, 2.45) is 11.1 Å². The Labute approximate surface area is 243 Å². The molecule has 1 fully saturated rings. The smallest absolute Gasteiger partial charge is 0.405 e. The summed E-state index contributed by atoms with van der Waals surface area (Å²) in [6, 6.07) is 13.6. The average Bonchev–Trinajstić information content (AvgIpc) is 3.26. The topological polar surface area (TPSA) is 187 Å². The van der Waals surface area contributed by atoms with E-state index in [9.17, 15) is 33.4 Å². The standard InChI is InChI=1S/C29H33N5O7S/c1-28(2,3)29(41-27(31)36)13-11-20(12-14-29)32-26(35)25-24(34(37)38)22-10-9-19(18-30)17-23(22)33(25)15-16-42(39,40)21-7-5-4-6-8-21/h4-10,17,20H,11-16H2,1-3H3,(H2,31,36)(H,32,35). The second kappa shape index (κ2) is 11.4. The number of fused-ring (bicyclic) bond motifs is 1. The van der Waals surface area contributed by atoms with Gasteiger partial charge in [0.25, 0.3) is 5.91 Å². The highest BCUT2D eigenvalue weighted by atomic mass is 32.2. The molecule has 222 valence electrons. The van der Waals surface area contributed by atoms with E-state index in [-0.39, 0.29) is 33.6 Å². The number of amides is 2. The number of primary amides is 1. The molecule has 2 amide bonds. The maximum absolute atomic E-state index is 13.8. The maximum Gasteiger partial charge on any atom is 0.405 e. The number of nitrogens with two attached hydrogens (primary N) is 1. The molecular weight excluding hydrogens is 562 g/mol.